The smallest absolute Gasteiger partial charge is 0.122 e. The number of rotatable bonds is 4. The molecule has 1 atom stereocenters. The molecule has 1 aliphatic heterocycles. The second-order valence-electron chi connectivity index (χ2n) is 5.03. The minimum absolute atomic E-state index is 0.274. The van der Waals surface area contributed by atoms with Crippen LogP contribution in [-0.4, -0.2) is 33.8 Å². The third-order valence-electron chi connectivity index (χ3n) is 3.94. The summed E-state index contributed by atoms with van der Waals surface area (Å²) in [6.07, 6.45) is 6.03. The third kappa shape index (κ3) is 2.61. The van der Waals surface area contributed by atoms with E-state index in [9.17, 15) is 0 Å². The molecule has 2 N–H and O–H groups in total. The Bertz CT molecular complexity index is 564. The largest absolute Gasteiger partial charge is 0.333 e. The van der Waals surface area contributed by atoms with Crippen LogP contribution in [0.15, 0.2) is 41.6 Å². The molecule has 5 heteroatoms. The highest BCUT2D eigenvalue weighted by Crippen LogP contribution is 2.26. The van der Waals surface area contributed by atoms with E-state index >= 15 is 0 Å². The first-order valence-electron chi connectivity index (χ1n) is 6.90. The minimum atomic E-state index is 0.274. The summed E-state index contributed by atoms with van der Waals surface area (Å²) < 4.78 is 2.22. The maximum Gasteiger partial charge on any atom is 0.122 e. The fraction of sp³-hybridized carbons (Fsp3) is 0.400. The van der Waals surface area contributed by atoms with E-state index in [0.717, 1.165) is 25.5 Å². The first-order valence-corrected chi connectivity index (χ1v) is 8.12. The van der Waals surface area contributed by atoms with Crippen LogP contribution in [0.3, 0.4) is 0 Å². The predicted molar refractivity (Wildman–Crippen MR) is 82.7 cm³/mol. The maximum atomic E-state index is 6.03. The second-order valence-corrected chi connectivity index (χ2v) is 5.91. The van der Waals surface area contributed by atoms with Gasteiger partial charge in [0.2, 0.25) is 0 Å². The number of nitrogens with two attached hydrogens (primary N) is 1. The molecule has 0 aliphatic carbocycles. The van der Waals surface area contributed by atoms with Crippen LogP contribution in [0, 0.1) is 0 Å². The number of benzene rings is 1. The number of imidazole rings is 1. The van der Waals surface area contributed by atoms with Crippen LogP contribution in [-0.2, 0) is 13.1 Å². The van der Waals surface area contributed by atoms with Gasteiger partial charge in [-0.25, -0.2) is 4.98 Å². The molecule has 4 nitrogen and oxygen atoms in total. The van der Waals surface area contributed by atoms with Gasteiger partial charge in [0, 0.05) is 43.0 Å². The van der Waals surface area contributed by atoms with E-state index < -0.39 is 0 Å². The van der Waals surface area contributed by atoms with Gasteiger partial charge in [0.05, 0.1) is 6.54 Å². The van der Waals surface area contributed by atoms with Gasteiger partial charge in [0.1, 0.15) is 5.82 Å². The molecule has 0 bridgehead atoms. The fourth-order valence-corrected chi connectivity index (χ4v) is 3.19. The van der Waals surface area contributed by atoms with Crippen LogP contribution < -0.4 is 5.73 Å². The van der Waals surface area contributed by atoms with Crippen LogP contribution >= 0.6 is 11.8 Å². The van der Waals surface area contributed by atoms with Gasteiger partial charge in [-0.3, -0.25) is 4.90 Å². The molecule has 0 radical (unpaired) electrons. The van der Waals surface area contributed by atoms with Crippen molar-refractivity contribution in [3.05, 3.63) is 48.0 Å². The summed E-state index contributed by atoms with van der Waals surface area (Å²) in [4.78, 5) is 8.14. The van der Waals surface area contributed by atoms with Crippen molar-refractivity contribution in [3.8, 4) is 0 Å². The number of thioether (sulfide) groups is 1. The zero-order valence-electron chi connectivity index (χ0n) is 11.7. The molecule has 1 unspecified atom stereocenters. The summed E-state index contributed by atoms with van der Waals surface area (Å²) in [6, 6.07) is 9.02. The van der Waals surface area contributed by atoms with Gasteiger partial charge in [-0.15, -0.1) is 11.8 Å². The van der Waals surface area contributed by atoms with Crippen LogP contribution in [0.1, 0.15) is 17.4 Å². The Morgan fingerprint density at radius 3 is 2.80 bits per heavy atom. The average molecular weight is 288 g/mol. The van der Waals surface area contributed by atoms with Crippen LogP contribution in [0.4, 0.5) is 0 Å². The van der Waals surface area contributed by atoms with Crippen LogP contribution in [0.25, 0.3) is 0 Å². The van der Waals surface area contributed by atoms with E-state index in [4.69, 9.17) is 5.73 Å². The summed E-state index contributed by atoms with van der Waals surface area (Å²) in [7, 11) is 0. The lowest BCUT2D eigenvalue weighted by atomic mass is 10.0. The van der Waals surface area contributed by atoms with Crippen molar-refractivity contribution in [3.63, 3.8) is 0 Å². The molecule has 106 valence electrons. The van der Waals surface area contributed by atoms with E-state index in [2.05, 4.69) is 51.2 Å². The molecule has 0 spiro atoms. The van der Waals surface area contributed by atoms with Gasteiger partial charge < -0.3 is 10.3 Å². The monoisotopic (exact) mass is 288 g/mol. The summed E-state index contributed by atoms with van der Waals surface area (Å²) in [6.45, 7) is 3.53. The van der Waals surface area contributed by atoms with Crippen molar-refractivity contribution in [1.29, 1.82) is 0 Å². The van der Waals surface area contributed by atoms with Gasteiger partial charge in [0.15, 0.2) is 0 Å². The highest BCUT2D eigenvalue weighted by molar-refractivity contribution is 7.98. The first kappa shape index (κ1) is 13.7. The number of fused-ring (bicyclic) bond motifs is 1. The standard InChI is InChI=1S/C15H20N4S/c1-20-13-4-2-12(3-5-13)14(10-16)19-9-8-18-7-6-17-15(18)11-19/h2-7,14H,8-11,16H2,1H3. The van der Waals surface area contributed by atoms with Crippen molar-refractivity contribution in [1.82, 2.24) is 14.5 Å². The van der Waals surface area contributed by atoms with Gasteiger partial charge in [-0.2, -0.15) is 0 Å². The zero-order chi connectivity index (χ0) is 13.9. The Kier molecular flexibility index (Phi) is 4.10. The lowest BCUT2D eigenvalue weighted by Crippen LogP contribution is -2.39. The topological polar surface area (TPSA) is 47.1 Å². The van der Waals surface area contributed by atoms with Crippen molar-refractivity contribution in [2.24, 2.45) is 5.73 Å². The third-order valence-corrected chi connectivity index (χ3v) is 4.68. The molecule has 2 aromatic rings. The molecule has 2 heterocycles. The molecule has 1 aliphatic rings. The quantitative estimate of drug-likeness (QED) is 0.876. The summed E-state index contributed by atoms with van der Waals surface area (Å²) in [5, 5.41) is 0. The maximum absolute atomic E-state index is 6.03. The fourth-order valence-electron chi connectivity index (χ4n) is 2.78. The average Bonchev–Trinajstić information content (AvgIpc) is 2.96. The Hall–Kier alpha value is -1.30. The Labute approximate surface area is 124 Å². The molecule has 0 fully saturated rings. The van der Waals surface area contributed by atoms with Crippen molar-refractivity contribution in [2.75, 3.05) is 19.3 Å². The minimum Gasteiger partial charge on any atom is -0.333 e. The summed E-state index contributed by atoms with van der Waals surface area (Å²) >= 11 is 1.77. The molecule has 1 aromatic carbocycles. The Morgan fingerprint density at radius 1 is 1.30 bits per heavy atom. The van der Waals surface area contributed by atoms with E-state index in [1.54, 1.807) is 11.8 Å². The van der Waals surface area contributed by atoms with E-state index in [-0.39, 0.29) is 6.04 Å². The van der Waals surface area contributed by atoms with Crippen molar-refractivity contribution < 1.29 is 0 Å². The lowest BCUT2D eigenvalue weighted by Gasteiger charge is -2.34. The summed E-state index contributed by atoms with van der Waals surface area (Å²) in [5.74, 6) is 1.13. The van der Waals surface area contributed by atoms with Crippen molar-refractivity contribution >= 4 is 11.8 Å². The first-order chi connectivity index (χ1) is 9.81. The van der Waals surface area contributed by atoms with Gasteiger partial charge in [-0.05, 0) is 24.0 Å². The Morgan fingerprint density at radius 2 is 2.10 bits per heavy atom. The van der Waals surface area contributed by atoms with Crippen molar-refractivity contribution in [2.45, 2.75) is 24.0 Å². The Balaban J connectivity index is 1.79. The number of nitrogens with zero attached hydrogens (tertiary/aromatic N) is 3. The van der Waals surface area contributed by atoms with E-state index in [1.165, 1.54) is 10.5 Å². The zero-order valence-corrected chi connectivity index (χ0v) is 12.5. The molecule has 20 heavy (non-hydrogen) atoms. The molecular formula is C15H20N4S. The number of hydrogen-bond acceptors (Lipinski definition) is 4. The highest BCUT2D eigenvalue weighted by Gasteiger charge is 2.24. The molecule has 1 aromatic heterocycles. The highest BCUT2D eigenvalue weighted by atomic mass is 32.2. The molecule has 0 saturated heterocycles. The van der Waals surface area contributed by atoms with Crippen LogP contribution in [0.5, 0.6) is 0 Å². The van der Waals surface area contributed by atoms with Gasteiger partial charge in [0.25, 0.3) is 0 Å². The lowest BCUT2D eigenvalue weighted by molar-refractivity contribution is 0.156. The number of aromatic nitrogens is 2. The molecular weight excluding hydrogens is 268 g/mol. The normalized spacial score (nSPS) is 16.9. The van der Waals surface area contributed by atoms with Gasteiger partial charge >= 0.3 is 0 Å². The van der Waals surface area contributed by atoms with Gasteiger partial charge in [-0.1, -0.05) is 12.1 Å². The molecule has 0 saturated carbocycles. The number of hydrogen-bond donors (Lipinski definition) is 1. The van der Waals surface area contributed by atoms with E-state index in [1.807, 2.05) is 6.20 Å². The molecule has 0 amide bonds. The predicted octanol–water partition coefficient (Wildman–Crippen LogP) is 2.12. The summed E-state index contributed by atoms with van der Waals surface area (Å²) in [5.41, 5.74) is 7.32. The second kappa shape index (κ2) is 5.99. The molecule has 3 rings (SSSR count). The SMILES string of the molecule is CSc1ccc(C(CN)N2CCn3ccnc3C2)cc1. The van der Waals surface area contributed by atoms with Crippen LogP contribution in [0.2, 0.25) is 0 Å². The van der Waals surface area contributed by atoms with E-state index in [0.29, 0.717) is 6.54 Å².